The molecule has 0 unspecified atom stereocenters. The number of aryl methyl sites for hydroxylation is 3. The molecular weight excluding hydrogens is 530 g/mol. The topological polar surface area (TPSA) is 127 Å². The molecule has 9 nitrogen and oxygen atoms in total. The van der Waals surface area contributed by atoms with Gasteiger partial charge in [-0.1, -0.05) is 31.5 Å². The van der Waals surface area contributed by atoms with Crippen LogP contribution in [-0.4, -0.2) is 30.9 Å². The van der Waals surface area contributed by atoms with Gasteiger partial charge in [0, 0.05) is 14.6 Å². The standard InChI is InChI=1S/C30H31N3O6S.2H2/c1-18(2)17-38-23-10-8-22(9-11-23)25-13-12-24(28(34)33-40(36,37)26-7-6-14-31-29(26)35)30(32-25)39-27-20(4)15-19(3)16-21(27)5;;/h6-16,18H,17H2,1-5H3,(H,31,35)(H,33,34);2*1H. The summed E-state index contributed by atoms with van der Waals surface area (Å²) in [5, 5.41) is 0. The minimum Gasteiger partial charge on any atom is -0.493 e. The van der Waals surface area contributed by atoms with Crippen LogP contribution in [0.1, 0.15) is 43.7 Å². The van der Waals surface area contributed by atoms with E-state index in [-0.39, 0.29) is 14.3 Å². The average molecular weight is 566 g/mol. The number of benzene rings is 2. The fourth-order valence-corrected chi connectivity index (χ4v) is 5.14. The lowest BCUT2D eigenvalue weighted by molar-refractivity contribution is 0.0978. The summed E-state index contributed by atoms with van der Waals surface area (Å²) in [5.41, 5.74) is 2.98. The summed E-state index contributed by atoms with van der Waals surface area (Å²) in [7, 11) is -4.47. The van der Waals surface area contributed by atoms with Gasteiger partial charge in [0.25, 0.3) is 21.5 Å². The number of nitrogens with zero attached hydrogens (tertiary/aromatic N) is 1. The van der Waals surface area contributed by atoms with E-state index in [1.54, 1.807) is 6.07 Å². The highest BCUT2D eigenvalue weighted by Crippen LogP contribution is 2.33. The van der Waals surface area contributed by atoms with Crippen molar-refractivity contribution in [2.24, 2.45) is 5.92 Å². The van der Waals surface area contributed by atoms with Gasteiger partial charge in [0.1, 0.15) is 17.1 Å². The maximum atomic E-state index is 13.3. The quantitative estimate of drug-likeness (QED) is 0.263. The van der Waals surface area contributed by atoms with Crippen molar-refractivity contribution >= 4 is 15.9 Å². The van der Waals surface area contributed by atoms with E-state index in [0.29, 0.717) is 24.0 Å². The van der Waals surface area contributed by atoms with Crippen LogP contribution < -0.4 is 19.8 Å². The van der Waals surface area contributed by atoms with Gasteiger partial charge in [0.15, 0.2) is 4.90 Å². The minimum absolute atomic E-state index is 0. The predicted octanol–water partition coefficient (Wildman–Crippen LogP) is 5.80. The Morgan fingerprint density at radius 2 is 1.70 bits per heavy atom. The molecule has 4 rings (SSSR count). The van der Waals surface area contributed by atoms with E-state index in [0.717, 1.165) is 34.1 Å². The molecule has 40 heavy (non-hydrogen) atoms. The minimum atomic E-state index is -4.47. The largest absolute Gasteiger partial charge is 0.493 e. The number of rotatable bonds is 9. The maximum absolute atomic E-state index is 13.3. The van der Waals surface area contributed by atoms with Crippen LogP contribution in [0.5, 0.6) is 17.4 Å². The zero-order valence-electron chi connectivity index (χ0n) is 22.9. The molecular formula is C30H35N3O6S. The number of carbonyl (C=O) groups is 1. The second kappa shape index (κ2) is 11.7. The SMILES string of the molecule is Cc1cc(C)c(Oc2nc(-c3ccc(OCC(C)C)cc3)ccc2C(=O)NS(=O)(=O)c2ccc[nH]c2=O)c(C)c1.[HH].[HH]. The first kappa shape index (κ1) is 28.6. The lowest BCUT2D eigenvalue weighted by atomic mass is 10.1. The molecule has 0 saturated heterocycles. The molecule has 10 heteroatoms. The Labute approximate surface area is 236 Å². The van der Waals surface area contributed by atoms with E-state index in [1.807, 2.05) is 61.9 Å². The average Bonchev–Trinajstić information content (AvgIpc) is 2.89. The van der Waals surface area contributed by atoms with Gasteiger partial charge in [-0.25, -0.2) is 18.1 Å². The molecule has 0 fully saturated rings. The fourth-order valence-electron chi connectivity index (χ4n) is 4.11. The van der Waals surface area contributed by atoms with Crippen molar-refractivity contribution < 1.29 is 25.5 Å². The molecule has 0 atom stereocenters. The Kier molecular flexibility index (Phi) is 8.39. The predicted molar refractivity (Wildman–Crippen MR) is 157 cm³/mol. The summed E-state index contributed by atoms with van der Waals surface area (Å²) in [6.07, 6.45) is 1.30. The summed E-state index contributed by atoms with van der Waals surface area (Å²) in [6.45, 7) is 10.4. The normalized spacial score (nSPS) is 11.3. The number of hydrogen-bond donors (Lipinski definition) is 2. The molecule has 0 saturated carbocycles. The van der Waals surface area contributed by atoms with E-state index in [9.17, 15) is 18.0 Å². The molecule has 4 aromatic rings. The summed E-state index contributed by atoms with van der Waals surface area (Å²) < 4.78 is 39.6. The summed E-state index contributed by atoms with van der Waals surface area (Å²) in [6, 6.07) is 16.7. The Morgan fingerprint density at radius 1 is 1.02 bits per heavy atom. The maximum Gasteiger partial charge on any atom is 0.270 e. The third kappa shape index (κ3) is 6.58. The number of pyridine rings is 2. The number of amides is 1. The number of nitrogens with one attached hydrogen (secondary N) is 2. The Morgan fingerprint density at radius 3 is 2.33 bits per heavy atom. The number of hydrogen-bond acceptors (Lipinski definition) is 7. The van der Waals surface area contributed by atoms with Crippen LogP contribution in [0.15, 0.2) is 76.6 Å². The molecule has 2 heterocycles. The van der Waals surface area contributed by atoms with Crippen LogP contribution in [-0.2, 0) is 10.0 Å². The molecule has 0 aliphatic carbocycles. The zero-order chi connectivity index (χ0) is 29.0. The van der Waals surface area contributed by atoms with Crippen molar-refractivity contribution in [1.29, 1.82) is 0 Å². The molecule has 212 valence electrons. The van der Waals surface area contributed by atoms with Crippen molar-refractivity contribution in [3.05, 3.63) is 99.5 Å². The molecule has 0 radical (unpaired) electrons. The molecule has 0 spiro atoms. The molecule has 1 amide bonds. The Hall–Kier alpha value is -4.44. The summed E-state index contributed by atoms with van der Waals surface area (Å²) in [5.74, 6) is 0.540. The number of H-pyrrole nitrogens is 1. The van der Waals surface area contributed by atoms with E-state index < -0.39 is 26.4 Å². The second-order valence-electron chi connectivity index (χ2n) is 9.91. The van der Waals surface area contributed by atoms with Gasteiger partial charge in [-0.2, -0.15) is 0 Å². The first-order chi connectivity index (χ1) is 18.9. The lowest BCUT2D eigenvalue weighted by Crippen LogP contribution is -2.34. The van der Waals surface area contributed by atoms with Crippen LogP contribution in [0.25, 0.3) is 11.3 Å². The zero-order valence-corrected chi connectivity index (χ0v) is 23.8. The van der Waals surface area contributed by atoms with Crippen LogP contribution >= 0.6 is 0 Å². The van der Waals surface area contributed by atoms with E-state index in [4.69, 9.17) is 9.47 Å². The number of ether oxygens (including phenoxy) is 2. The van der Waals surface area contributed by atoms with Crippen LogP contribution in [0, 0.1) is 26.7 Å². The second-order valence-corrected chi connectivity index (χ2v) is 11.6. The molecule has 0 aliphatic heterocycles. The van der Waals surface area contributed by atoms with Gasteiger partial charge in [-0.05, 0) is 86.3 Å². The van der Waals surface area contributed by atoms with Gasteiger partial charge in [-0.3, -0.25) is 9.59 Å². The highest BCUT2D eigenvalue weighted by molar-refractivity contribution is 7.90. The number of sulfonamides is 1. The Bertz CT molecular complexity index is 1700. The lowest BCUT2D eigenvalue weighted by Gasteiger charge is -2.16. The molecule has 2 aromatic heterocycles. The molecule has 2 N–H and O–H groups in total. The monoisotopic (exact) mass is 565 g/mol. The molecule has 2 aromatic carbocycles. The first-order valence-corrected chi connectivity index (χ1v) is 14.2. The number of aromatic nitrogens is 2. The molecule has 0 bridgehead atoms. The van der Waals surface area contributed by atoms with Crippen LogP contribution in [0.3, 0.4) is 0 Å². The van der Waals surface area contributed by atoms with Crippen molar-refractivity contribution in [1.82, 2.24) is 14.7 Å². The highest BCUT2D eigenvalue weighted by Gasteiger charge is 2.25. The summed E-state index contributed by atoms with van der Waals surface area (Å²) >= 11 is 0. The highest BCUT2D eigenvalue weighted by atomic mass is 32.2. The van der Waals surface area contributed by atoms with Crippen molar-refractivity contribution in [3.8, 4) is 28.6 Å². The number of carbonyl (C=O) groups excluding carboxylic acids is 1. The third-order valence-corrected chi connectivity index (χ3v) is 7.29. The van der Waals surface area contributed by atoms with Gasteiger partial charge >= 0.3 is 0 Å². The van der Waals surface area contributed by atoms with Crippen molar-refractivity contribution in [2.45, 2.75) is 39.5 Å². The fraction of sp³-hybridized carbons (Fsp3) is 0.233. The van der Waals surface area contributed by atoms with E-state index >= 15 is 0 Å². The number of aromatic amines is 1. The smallest absolute Gasteiger partial charge is 0.270 e. The Balaban J connectivity index is 0.00000308. The van der Waals surface area contributed by atoms with E-state index in [1.165, 1.54) is 18.3 Å². The summed E-state index contributed by atoms with van der Waals surface area (Å²) in [4.78, 5) is 31.6. The third-order valence-electron chi connectivity index (χ3n) is 5.94. The van der Waals surface area contributed by atoms with Gasteiger partial charge < -0.3 is 14.5 Å². The first-order valence-electron chi connectivity index (χ1n) is 12.7. The van der Waals surface area contributed by atoms with E-state index in [2.05, 4.69) is 23.8 Å². The van der Waals surface area contributed by atoms with Crippen LogP contribution in [0.4, 0.5) is 0 Å². The molecule has 0 aliphatic rings. The van der Waals surface area contributed by atoms with Crippen molar-refractivity contribution in [3.63, 3.8) is 0 Å². The van der Waals surface area contributed by atoms with Crippen molar-refractivity contribution in [2.75, 3.05) is 6.61 Å². The van der Waals surface area contributed by atoms with Gasteiger partial charge in [0.2, 0.25) is 5.88 Å². The van der Waals surface area contributed by atoms with Gasteiger partial charge in [-0.15, -0.1) is 0 Å². The van der Waals surface area contributed by atoms with Gasteiger partial charge in [0.05, 0.1) is 12.3 Å². The van der Waals surface area contributed by atoms with Crippen LogP contribution in [0.2, 0.25) is 0 Å².